The van der Waals surface area contributed by atoms with Crippen LogP contribution in [0, 0.1) is 10.1 Å². The third-order valence-electron chi connectivity index (χ3n) is 4.37. The predicted octanol–water partition coefficient (Wildman–Crippen LogP) is 6.25. The van der Waals surface area contributed by atoms with Gasteiger partial charge in [-0.05, 0) is 48.5 Å². The highest BCUT2D eigenvalue weighted by Crippen LogP contribution is 2.34. The van der Waals surface area contributed by atoms with Crippen molar-refractivity contribution >= 4 is 52.2 Å². The Balaban J connectivity index is 1.60. The summed E-state index contributed by atoms with van der Waals surface area (Å²) in [6.45, 7) is 0. The highest BCUT2D eigenvalue weighted by Gasteiger charge is 2.31. The number of thioether (sulfide) groups is 1. The maximum absolute atomic E-state index is 12.9. The van der Waals surface area contributed by atoms with Crippen molar-refractivity contribution in [1.82, 2.24) is 0 Å². The van der Waals surface area contributed by atoms with Gasteiger partial charge >= 0.3 is 6.18 Å². The minimum absolute atomic E-state index is 0.0256. The minimum Gasteiger partial charge on any atom is -0.324 e. The number of halogens is 4. The maximum Gasteiger partial charge on any atom is 0.416 e. The number of carbonyl (C=O) groups is 2. The summed E-state index contributed by atoms with van der Waals surface area (Å²) < 4.78 is 38.6. The van der Waals surface area contributed by atoms with Gasteiger partial charge in [-0.25, -0.2) is 0 Å². The van der Waals surface area contributed by atoms with Gasteiger partial charge in [0.05, 0.1) is 26.9 Å². The van der Waals surface area contributed by atoms with Crippen molar-refractivity contribution < 1.29 is 27.7 Å². The van der Waals surface area contributed by atoms with E-state index in [0.717, 1.165) is 30.0 Å². The predicted molar refractivity (Wildman–Crippen MR) is 123 cm³/mol. The minimum atomic E-state index is -4.57. The second kappa shape index (κ2) is 10.6. The van der Waals surface area contributed by atoms with Crippen LogP contribution in [0.15, 0.2) is 71.6 Å². The number of anilines is 2. The van der Waals surface area contributed by atoms with Gasteiger partial charge in [-0.3, -0.25) is 19.7 Å². The molecule has 0 unspecified atom stereocenters. The number of carbonyl (C=O) groups excluding carboxylic acids is 2. The summed E-state index contributed by atoms with van der Waals surface area (Å²) in [5.74, 6) is -1.16. The molecule has 0 radical (unpaired) electrons. The number of nitrogens with one attached hydrogen (secondary N) is 2. The molecule has 3 aromatic carbocycles. The maximum atomic E-state index is 12.9. The van der Waals surface area contributed by atoms with Crippen LogP contribution in [0.25, 0.3) is 0 Å². The molecule has 0 aliphatic rings. The van der Waals surface area contributed by atoms with Crippen molar-refractivity contribution in [3.8, 4) is 0 Å². The first kappa shape index (κ1) is 25.1. The van der Waals surface area contributed by atoms with E-state index in [1.165, 1.54) is 24.3 Å². The topological polar surface area (TPSA) is 101 Å². The zero-order valence-electron chi connectivity index (χ0n) is 17.1. The van der Waals surface area contributed by atoms with Gasteiger partial charge in [0, 0.05) is 28.3 Å². The fraction of sp³-hybridized carbons (Fsp3) is 0.0909. The number of nitrogens with zero attached hydrogens (tertiary/aromatic N) is 1. The second-order valence-corrected chi connectivity index (χ2v) is 8.27. The fourth-order valence-electron chi connectivity index (χ4n) is 2.73. The average molecular weight is 510 g/mol. The van der Waals surface area contributed by atoms with Crippen LogP contribution in [0.3, 0.4) is 0 Å². The van der Waals surface area contributed by atoms with Crippen LogP contribution >= 0.6 is 23.4 Å². The van der Waals surface area contributed by atoms with E-state index >= 15 is 0 Å². The van der Waals surface area contributed by atoms with Gasteiger partial charge in [0.1, 0.15) is 0 Å². The molecule has 0 aromatic heterocycles. The van der Waals surface area contributed by atoms with Crippen LogP contribution in [0.4, 0.5) is 30.2 Å². The SMILES string of the molecule is O=C(CSc1cccc(NC(=O)c2ccc([N+](=O)[O-])cc2)c1)Nc1cc(C(F)(F)F)ccc1Cl. The number of rotatable bonds is 7. The first-order valence-electron chi connectivity index (χ1n) is 9.48. The Bertz CT molecular complexity index is 1240. The molecule has 3 aromatic rings. The molecule has 0 heterocycles. The number of non-ortho nitro benzene ring substituents is 1. The zero-order chi connectivity index (χ0) is 24.9. The number of nitro groups is 1. The molecule has 0 atom stereocenters. The van der Waals surface area contributed by atoms with Crippen molar-refractivity contribution in [2.24, 2.45) is 0 Å². The van der Waals surface area contributed by atoms with E-state index in [4.69, 9.17) is 11.6 Å². The Morgan fingerprint density at radius 3 is 2.35 bits per heavy atom. The van der Waals surface area contributed by atoms with E-state index in [9.17, 15) is 32.9 Å². The standard InChI is InChI=1S/C22H15ClF3N3O4S/c23-18-9-6-14(22(24,25)26)10-19(18)28-20(30)12-34-17-3-1-2-15(11-17)27-21(31)13-4-7-16(8-5-13)29(32)33/h1-11H,12H2,(H,27,31)(H,28,30). The molecule has 0 saturated heterocycles. The largest absolute Gasteiger partial charge is 0.416 e. The molecule has 0 aliphatic heterocycles. The summed E-state index contributed by atoms with van der Waals surface area (Å²) in [5.41, 5.74) is -0.571. The normalized spacial score (nSPS) is 11.1. The molecule has 2 amide bonds. The lowest BCUT2D eigenvalue weighted by Crippen LogP contribution is -2.15. The quantitative estimate of drug-likeness (QED) is 0.223. The van der Waals surface area contributed by atoms with Crippen molar-refractivity contribution in [3.05, 3.63) is 93.0 Å². The van der Waals surface area contributed by atoms with Crippen molar-refractivity contribution in [2.45, 2.75) is 11.1 Å². The fourth-order valence-corrected chi connectivity index (χ4v) is 3.65. The van der Waals surface area contributed by atoms with Crippen LogP contribution in [0.2, 0.25) is 5.02 Å². The lowest BCUT2D eigenvalue weighted by molar-refractivity contribution is -0.384. The molecule has 7 nitrogen and oxygen atoms in total. The van der Waals surface area contributed by atoms with Crippen molar-refractivity contribution in [1.29, 1.82) is 0 Å². The molecule has 0 fully saturated rings. The van der Waals surface area contributed by atoms with Crippen LogP contribution in [0.1, 0.15) is 15.9 Å². The van der Waals surface area contributed by atoms with E-state index in [0.29, 0.717) is 10.6 Å². The van der Waals surface area contributed by atoms with Crippen LogP contribution in [0.5, 0.6) is 0 Å². The van der Waals surface area contributed by atoms with E-state index in [-0.39, 0.29) is 27.7 Å². The Kier molecular flexibility index (Phi) is 7.79. The van der Waals surface area contributed by atoms with Gasteiger partial charge in [-0.15, -0.1) is 11.8 Å². The lowest BCUT2D eigenvalue weighted by Gasteiger charge is -2.12. The third kappa shape index (κ3) is 6.72. The third-order valence-corrected chi connectivity index (χ3v) is 5.69. The number of nitro benzene ring substituents is 1. The summed E-state index contributed by atoms with van der Waals surface area (Å²) in [4.78, 5) is 35.4. The van der Waals surface area contributed by atoms with Gasteiger partial charge in [0.15, 0.2) is 0 Å². The second-order valence-electron chi connectivity index (χ2n) is 6.82. The summed E-state index contributed by atoms with van der Waals surface area (Å²) in [5, 5.41) is 15.7. The number of hydrogen-bond acceptors (Lipinski definition) is 5. The van der Waals surface area contributed by atoms with Crippen molar-refractivity contribution in [3.63, 3.8) is 0 Å². The Morgan fingerprint density at radius 1 is 1.00 bits per heavy atom. The van der Waals surface area contributed by atoms with Crippen molar-refractivity contribution in [2.75, 3.05) is 16.4 Å². The lowest BCUT2D eigenvalue weighted by atomic mass is 10.2. The Hall–Kier alpha value is -3.57. The highest BCUT2D eigenvalue weighted by molar-refractivity contribution is 8.00. The van der Waals surface area contributed by atoms with E-state index in [1.54, 1.807) is 24.3 Å². The monoisotopic (exact) mass is 509 g/mol. The van der Waals surface area contributed by atoms with Gasteiger partial charge < -0.3 is 10.6 Å². The van der Waals surface area contributed by atoms with E-state index in [2.05, 4.69) is 10.6 Å². The van der Waals surface area contributed by atoms with Gasteiger partial charge in [-0.2, -0.15) is 13.2 Å². The van der Waals surface area contributed by atoms with Crippen LogP contribution in [-0.4, -0.2) is 22.5 Å². The molecule has 0 saturated carbocycles. The molecule has 176 valence electrons. The Morgan fingerprint density at radius 2 is 1.71 bits per heavy atom. The summed E-state index contributed by atoms with van der Waals surface area (Å²) in [6.07, 6.45) is -4.57. The number of benzene rings is 3. The molecule has 34 heavy (non-hydrogen) atoms. The van der Waals surface area contributed by atoms with Crippen LogP contribution in [-0.2, 0) is 11.0 Å². The van der Waals surface area contributed by atoms with Gasteiger partial charge in [0.2, 0.25) is 5.91 Å². The molecule has 2 N–H and O–H groups in total. The molecule has 3 rings (SSSR count). The summed E-state index contributed by atoms with van der Waals surface area (Å²) >= 11 is 6.99. The molecule has 0 spiro atoms. The molecule has 0 aliphatic carbocycles. The molecular weight excluding hydrogens is 495 g/mol. The number of amides is 2. The molecule has 0 bridgehead atoms. The first-order valence-corrected chi connectivity index (χ1v) is 10.8. The molecular formula is C22H15ClF3N3O4S. The number of hydrogen-bond donors (Lipinski definition) is 2. The highest BCUT2D eigenvalue weighted by atomic mass is 35.5. The molecule has 12 heteroatoms. The van der Waals surface area contributed by atoms with Gasteiger partial charge in [-0.1, -0.05) is 17.7 Å². The smallest absolute Gasteiger partial charge is 0.324 e. The number of alkyl halides is 3. The van der Waals surface area contributed by atoms with Crippen LogP contribution < -0.4 is 10.6 Å². The zero-order valence-corrected chi connectivity index (χ0v) is 18.6. The summed E-state index contributed by atoms with van der Waals surface area (Å²) in [7, 11) is 0. The first-order chi connectivity index (χ1) is 16.0. The summed E-state index contributed by atoms with van der Waals surface area (Å²) in [6, 6.07) is 14.3. The Labute approximate surface area is 200 Å². The van der Waals surface area contributed by atoms with E-state index in [1.807, 2.05) is 0 Å². The van der Waals surface area contributed by atoms with Gasteiger partial charge in [0.25, 0.3) is 11.6 Å². The average Bonchev–Trinajstić information content (AvgIpc) is 2.78. The van der Waals surface area contributed by atoms with E-state index < -0.39 is 28.5 Å².